The molecule has 2 aromatic heterocycles. The van der Waals surface area contributed by atoms with Gasteiger partial charge in [-0.25, -0.2) is 4.98 Å². The number of carbonyl (C=O) groups is 2. The summed E-state index contributed by atoms with van der Waals surface area (Å²) < 4.78 is 5.53. The van der Waals surface area contributed by atoms with Crippen molar-refractivity contribution in [2.45, 2.75) is 58.0 Å². The van der Waals surface area contributed by atoms with Gasteiger partial charge in [-0.15, -0.1) is 11.3 Å². The molecule has 4 rings (SSSR count). The van der Waals surface area contributed by atoms with Crippen LogP contribution in [0.4, 0.5) is 0 Å². The number of nitrogens with one attached hydrogen (secondary N) is 2. The first-order chi connectivity index (χ1) is 12.9. The van der Waals surface area contributed by atoms with E-state index in [0.717, 1.165) is 41.0 Å². The normalized spacial score (nSPS) is 21.1. The Balaban J connectivity index is 1.42. The van der Waals surface area contributed by atoms with Crippen molar-refractivity contribution in [3.8, 4) is 0 Å². The molecule has 1 saturated carbocycles. The van der Waals surface area contributed by atoms with Gasteiger partial charge in [0.2, 0.25) is 5.91 Å². The molecule has 1 amide bonds. The van der Waals surface area contributed by atoms with Gasteiger partial charge in [0.1, 0.15) is 16.3 Å². The Morgan fingerprint density at radius 3 is 2.81 bits per heavy atom. The highest BCUT2D eigenvalue weighted by Gasteiger charge is 2.53. The number of H-pyrrole nitrogens is 1. The zero-order chi connectivity index (χ0) is 19.2. The lowest BCUT2D eigenvalue weighted by molar-refractivity contribution is -0.149. The van der Waals surface area contributed by atoms with Crippen LogP contribution in [-0.4, -0.2) is 34.0 Å². The fraction of sp³-hybridized carbons (Fsp3) is 0.579. The molecule has 1 aliphatic carbocycles. The van der Waals surface area contributed by atoms with E-state index in [2.05, 4.69) is 15.3 Å². The molecule has 144 valence electrons. The molecule has 8 heteroatoms. The number of rotatable bonds is 4. The molecule has 1 atom stereocenters. The summed E-state index contributed by atoms with van der Waals surface area (Å²) in [6.45, 7) is 4.26. The van der Waals surface area contributed by atoms with Gasteiger partial charge in [-0.2, -0.15) is 0 Å². The predicted octanol–water partition coefficient (Wildman–Crippen LogP) is 2.14. The molecule has 0 unspecified atom stereocenters. The number of esters is 1. The Bertz CT molecular complexity index is 971. The van der Waals surface area contributed by atoms with Crippen molar-refractivity contribution in [1.29, 1.82) is 0 Å². The lowest BCUT2D eigenvalue weighted by atomic mass is 9.85. The fourth-order valence-corrected chi connectivity index (χ4v) is 5.34. The molecule has 1 spiro atoms. The van der Waals surface area contributed by atoms with Crippen LogP contribution in [-0.2, 0) is 20.7 Å². The lowest BCUT2D eigenvalue weighted by Crippen LogP contribution is -2.43. The number of hydrogen-bond acceptors (Lipinski definition) is 6. The Hall–Kier alpha value is -2.22. The van der Waals surface area contributed by atoms with Crippen LogP contribution < -0.4 is 10.9 Å². The van der Waals surface area contributed by atoms with Gasteiger partial charge < -0.3 is 15.0 Å². The van der Waals surface area contributed by atoms with Gasteiger partial charge in [-0.1, -0.05) is 0 Å². The first-order valence-electron chi connectivity index (χ1n) is 9.38. The molecule has 7 nitrogen and oxygen atoms in total. The summed E-state index contributed by atoms with van der Waals surface area (Å²) >= 11 is 1.51. The largest absolute Gasteiger partial charge is 0.458 e. The number of amides is 1. The number of aromatic amines is 1. The second kappa shape index (κ2) is 6.74. The van der Waals surface area contributed by atoms with Gasteiger partial charge in [0.15, 0.2) is 0 Å². The molecule has 2 N–H and O–H groups in total. The van der Waals surface area contributed by atoms with Gasteiger partial charge in [-0.3, -0.25) is 14.4 Å². The number of nitrogens with zero attached hydrogens (tertiary/aromatic N) is 1. The smallest absolute Gasteiger partial charge is 0.307 e. The summed E-state index contributed by atoms with van der Waals surface area (Å²) in [5, 5.41) is 3.55. The minimum Gasteiger partial charge on any atom is -0.458 e. The Kier molecular flexibility index (Phi) is 4.53. The third-order valence-corrected chi connectivity index (χ3v) is 6.94. The predicted molar refractivity (Wildman–Crippen MR) is 102 cm³/mol. The maximum atomic E-state index is 12.6. The average Bonchev–Trinajstić information content (AvgIpc) is 3.28. The second-order valence-corrected chi connectivity index (χ2v) is 8.72. The first kappa shape index (κ1) is 18.2. The molecule has 1 aliphatic heterocycles. The third-order valence-electron chi connectivity index (χ3n) is 5.84. The topological polar surface area (TPSA) is 101 Å². The molecule has 1 saturated heterocycles. The van der Waals surface area contributed by atoms with Crippen LogP contribution in [0.2, 0.25) is 0 Å². The van der Waals surface area contributed by atoms with Gasteiger partial charge >= 0.3 is 5.97 Å². The van der Waals surface area contributed by atoms with E-state index < -0.39 is 11.5 Å². The van der Waals surface area contributed by atoms with E-state index >= 15 is 0 Å². The SMILES string of the molecule is Cc1sc2nc(CCNC(=O)[C@H]3CC(=O)OC34CCCC4)[nH]c(=O)c2c1C. The van der Waals surface area contributed by atoms with Crippen LogP contribution >= 0.6 is 11.3 Å². The van der Waals surface area contributed by atoms with Crippen LogP contribution in [0, 0.1) is 19.8 Å². The average molecular weight is 389 g/mol. The highest BCUT2D eigenvalue weighted by molar-refractivity contribution is 7.18. The summed E-state index contributed by atoms with van der Waals surface area (Å²) in [7, 11) is 0. The van der Waals surface area contributed by atoms with Crippen molar-refractivity contribution < 1.29 is 14.3 Å². The zero-order valence-corrected chi connectivity index (χ0v) is 16.3. The van der Waals surface area contributed by atoms with Crippen molar-refractivity contribution in [2.75, 3.05) is 6.54 Å². The number of fused-ring (bicyclic) bond motifs is 1. The summed E-state index contributed by atoms with van der Waals surface area (Å²) in [4.78, 5) is 45.9. The lowest BCUT2D eigenvalue weighted by Gasteiger charge is -2.27. The minimum atomic E-state index is -0.599. The summed E-state index contributed by atoms with van der Waals surface area (Å²) in [5.41, 5.74) is 0.234. The molecule has 2 aliphatic rings. The van der Waals surface area contributed by atoms with E-state index in [-0.39, 0.29) is 23.9 Å². The van der Waals surface area contributed by atoms with Crippen molar-refractivity contribution in [2.24, 2.45) is 5.92 Å². The number of aryl methyl sites for hydroxylation is 2. The minimum absolute atomic E-state index is 0.136. The van der Waals surface area contributed by atoms with Crippen LogP contribution in [0.15, 0.2) is 4.79 Å². The standard InChI is InChI=1S/C19H23N3O4S/c1-10-11(2)27-18-15(10)17(25)21-13(22-18)5-8-20-16(24)12-9-14(23)26-19(12)6-3-4-7-19/h12H,3-9H2,1-2H3,(H,20,24)(H,21,22,25)/t12-/m1/s1. The van der Waals surface area contributed by atoms with E-state index in [4.69, 9.17) is 4.74 Å². The Morgan fingerprint density at radius 1 is 1.33 bits per heavy atom. The van der Waals surface area contributed by atoms with Crippen molar-refractivity contribution in [3.05, 3.63) is 26.6 Å². The Labute approximate surface area is 160 Å². The summed E-state index contributed by atoms with van der Waals surface area (Å²) in [5.74, 6) is -0.279. The van der Waals surface area contributed by atoms with Crippen LogP contribution in [0.3, 0.4) is 0 Å². The maximum absolute atomic E-state index is 12.6. The first-order valence-corrected chi connectivity index (χ1v) is 10.2. The highest BCUT2D eigenvalue weighted by Crippen LogP contribution is 2.45. The van der Waals surface area contributed by atoms with Crippen molar-refractivity contribution in [3.63, 3.8) is 0 Å². The number of thiophene rings is 1. The van der Waals surface area contributed by atoms with Gasteiger partial charge in [0.05, 0.1) is 17.7 Å². The molecule has 0 bridgehead atoms. The molecular formula is C19H23N3O4S. The molecule has 3 heterocycles. The monoisotopic (exact) mass is 389 g/mol. The molecule has 2 fully saturated rings. The van der Waals surface area contributed by atoms with E-state index in [1.807, 2.05) is 13.8 Å². The van der Waals surface area contributed by atoms with Gasteiger partial charge in [-0.05, 0) is 45.1 Å². The molecule has 27 heavy (non-hydrogen) atoms. The third kappa shape index (κ3) is 3.16. The van der Waals surface area contributed by atoms with E-state index in [1.165, 1.54) is 11.3 Å². The molecule has 0 aromatic carbocycles. The summed E-state index contributed by atoms with van der Waals surface area (Å²) in [6.07, 6.45) is 4.09. The number of carbonyl (C=O) groups excluding carboxylic acids is 2. The van der Waals surface area contributed by atoms with Crippen molar-refractivity contribution >= 4 is 33.4 Å². The number of hydrogen-bond donors (Lipinski definition) is 2. The molecular weight excluding hydrogens is 366 g/mol. The second-order valence-electron chi connectivity index (χ2n) is 7.52. The fourth-order valence-electron chi connectivity index (χ4n) is 4.29. The van der Waals surface area contributed by atoms with Crippen LogP contribution in [0.5, 0.6) is 0 Å². The molecule has 0 radical (unpaired) electrons. The van der Waals surface area contributed by atoms with Crippen LogP contribution in [0.25, 0.3) is 10.2 Å². The zero-order valence-electron chi connectivity index (χ0n) is 15.5. The van der Waals surface area contributed by atoms with E-state index in [9.17, 15) is 14.4 Å². The van der Waals surface area contributed by atoms with E-state index in [0.29, 0.717) is 24.2 Å². The molecule has 2 aromatic rings. The number of ether oxygens (including phenoxy) is 1. The quantitative estimate of drug-likeness (QED) is 0.780. The number of aromatic nitrogens is 2. The Morgan fingerprint density at radius 2 is 2.07 bits per heavy atom. The van der Waals surface area contributed by atoms with Gasteiger partial charge in [0, 0.05) is 17.8 Å². The summed E-state index contributed by atoms with van der Waals surface area (Å²) in [6, 6.07) is 0. The van der Waals surface area contributed by atoms with Crippen molar-refractivity contribution in [1.82, 2.24) is 15.3 Å². The highest BCUT2D eigenvalue weighted by atomic mass is 32.1. The maximum Gasteiger partial charge on any atom is 0.307 e. The van der Waals surface area contributed by atoms with Gasteiger partial charge in [0.25, 0.3) is 5.56 Å². The van der Waals surface area contributed by atoms with Crippen LogP contribution in [0.1, 0.15) is 48.4 Å². The van der Waals surface area contributed by atoms with E-state index in [1.54, 1.807) is 0 Å².